The predicted molar refractivity (Wildman–Crippen MR) is 116 cm³/mol. The molecule has 4 aromatic heterocycles. The van der Waals surface area contributed by atoms with Gasteiger partial charge in [0.25, 0.3) is 0 Å². The molecule has 0 saturated carbocycles. The fourth-order valence-electron chi connectivity index (χ4n) is 4.30. The molecule has 1 aliphatic rings. The molecule has 0 aromatic carbocycles. The van der Waals surface area contributed by atoms with Gasteiger partial charge in [-0.25, -0.2) is 19.7 Å². The zero-order valence-corrected chi connectivity index (χ0v) is 17.3. The molecule has 0 aliphatic carbocycles. The van der Waals surface area contributed by atoms with E-state index in [1.807, 2.05) is 21.6 Å². The lowest BCUT2D eigenvalue weighted by molar-refractivity contribution is -0.130. The van der Waals surface area contributed by atoms with Crippen LogP contribution in [-0.2, 0) is 11.8 Å². The van der Waals surface area contributed by atoms with E-state index < -0.39 is 0 Å². The van der Waals surface area contributed by atoms with Crippen LogP contribution < -0.4 is 11.4 Å². The van der Waals surface area contributed by atoms with Gasteiger partial charge < -0.3 is 10.6 Å². The van der Waals surface area contributed by atoms with E-state index in [0.717, 1.165) is 16.6 Å². The summed E-state index contributed by atoms with van der Waals surface area (Å²) >= 11 is 0. The molecular weight excluding hydrogens is 396 g/mol. The van der Waals surface area contributed by atoms with Gasteiger partial charge in [0, 0.05) is 51.1 Å². The van der Waals surface area contributed by atoms with Crippen LogP contribution >= 0.6 is 0 Å². The first-order valence-electron chi connectivity index (χ1n) is 10.1. The van der Waals surface area contributed by atoms with Crippen molar-refractivity contribution >= 4 is 33.9 Å². The molecule has 1 amide bonds. The van der Waals surface area contributed by atoms with Crippen molar-refractivity contribution in [2.75, 3.05) is 18.8 Å². The minimum atomic E-state index is -0.103. The average molecular weight is 418 g/mol. The van der Waals surface area contributed by atoms with Gasteiger partial charge in [0.05, 0.1) is 28.4 Å². The highest BCUT2D eigenvalue weighted by Gasteiger charge is 2.27. The molecule has 5 heterocycles. The summed E-state index contributed by atoms with van der Waals surface area (Å²) in [6.45, 7) is 2.84. The highest BCUT2D eigenvalue weighted by molar-refractivity contribution is 6.00. The summed E-state index contributed by atoms with van der Waals surface area (Å²) in [6, 6.07) is 3.73. The molecule has 0 bridgehead atoms. The standard InChI is InChI=1S/C21H22N8O2/c1-12(30)28-7-5-14(6-8-28)29-19-17(27(2)21(29)31)11-23-16-4-3-15(26-18(16)19)13-9-24-20(22)25-10-13/h3-4,9-11,14H,5-8H2,1-2H3,(H2,22,24,25). The summed E-state index contributed by atoms with van der Waals surface area (Å²) in [5, 5.41) is 0. The molecule has 4 aromatic rings. The number of hydrogen-bond donors (Lipinski definition) is 1. The third-order valence-corrected chi connectivity index (χ3v) is 6.00. The summed E-state index contributed by atoms with van der Waals surface area (Å²) in [7, 11) is 1.75. The number of hydrogen-bond acceptors (Lipinski definition) is 7. The number of nitrogens with two attached hydrogens (primary N) is 1. The van der Waals surface area contributed by atoms with Gasteiger partial charge in [-0.15, -0.1) is 0 Å². The number of rotatable bonds is 2. The first kappa shape index (κ1) is 19.2. The number of likely N-dealkylation sites (tertiary alicyclic amines) is 1. The number of fused-ring (bicyclic) bond motifs is 3. The lowest BCUT2D eigenvalue weighted by Gasteiger charge is -2.31. The number of amides is 1. The van der Waals surface area contributed by atoms with Crippen LogP contribution in [0.1, 0.15) is 25.8 Å². The highest BCUT2D eigenvalue weighted by Crippen LogP contribution is 2.30. The lowest BCUT2D eigenvalue weighted by atomic mass is 10.0. The van der Waals surface area contributed by atoms with Crippen molar-refractivity contribution in [2.24, 2.45) is 7.05 Å². The molecule has 0 atom stereocenters. The smallest absolute Gasteiger partial charge is 0.329 e. The second-order valence-corrected chi connectivity index (χ2v) is 7.84. The number of aryl methyl sites for hydroxylation is 1. The van der Waals surface area contributed by atoms with Crippen molar-refractivity contribution in [3.8, 4) is 11.3 Å². The van der Waals surface area contributed by atoms with Gasteiger partial charge in [-0.2, -0.15) is 0 Å². The predicted octanol–water partition coefficient (Wildman–Crippen LogP) is 1.51. The molecular formula is C21H22N8O2. The zero-order chi connectivity index (χ0) is 21.7. The number of imidazole rings is 1. The summed E-state index contributed by atoms with van der Waals surface area (Å²) in [5.41, 5.74) is 9.75. The molecule has 0 unspecified atom stereocenters. The van der Waals surface area contributed by atoms with Gasteiger partial charge in [-0.05, 0) is 25.0 Å². The maximum atomic E-state index is 13.2. The molecule has 5 rings (SSSR count). The van der Waals surface area contributed by atoms with E-state index in [1.165, 1.54) is 0 Å². The fourth-order valence-corrected chi connectivity index (χ4v) is 4.30. The normalized spacial score (nSPS) is 15.1. The van der Waals surface area contributed by atoms with Crippen LogP contribution in [0, 0.1) is 0 Å². The Morgan fingerprint density at radius 3 is 2.48 bits per heavy atom. The van der Waals surface area contributed by atoms with E-state index in [0.29, 0.717) is 42.7 Å². The van der Waals surface area contributed by atoms with E-state index in [2.05, 4.69) is 15.0 Å². The number of carbonyl (C=O) groups is 1. The first-order chi connectivity index (χ1) is 14.9. The molecule has 10 nitrogen and oxygen atoms in total. The number of piperidine rings is 1. The molecule has 31 heavy (non-hydrogen) atoms. The Morgan fingerprint density at radius 1 is 1.10 bits per heavy atom. The Balaban J connectivity index is 1.69. The van der Waals surface area contributed by atoms with Crippen molar-refractivity contribution < 1.29 is 4.79 Å². The van der Waals surface area contributed by atoms with E-state index in [-0.39, 0.29) is 23.6 Å². The topological polar surface area (TPSA) is 125 Å². The molecule has 2 N–H and O–H groups in total. The van der Waals surface area contributed by atoms with Gasteiger partial charge in [-0.3, -0.25) is 18.9 Å². The summed E-state index contributed by atoms with van der Waals surface area (Å²) in [4.78, 5) is 44.2. The van der Waals surface area contributed by atoms with E-state index in [4.69, 9.17) is 10.7 Å². The van der Waals surface area contributed by atoms with E-state index >= 15 is 0 Å². The maximum Gasteiger partial charge on any atom is 0.329 e. The maximum absolute atomic E-state index is 13.2. The minimum Gasteiger partial charge on any atom is -0.368 e. The van der Waals surface area contributed by atoms with Crippen molar-refractivity contribution in [2.45, 2.75) is 25.8 Å². The first-order valence-corrected chi connectivity index (χ1v) is 10.1. The second-order valence-electron chi connectivity index (χ2n) is 7.84. The quantitative estimate of drug-likeness (QED) is 0.523. The Kier molecular flexibility index (Phi) is 4.42. The number of aromatic nitrogens is 6. The van der Waals surface area contributed by atoms with E-state index in [1.54, 1.807) is 37.1 Å². The van der Waals surface area contributed by atoms with Gasteiger partial charge in [0.2, 0.25) is 11.9 Å². The van der Waals surface area contributed by atoms with Gasteiger partial charge in [0.1, 0.15) is 5.52 Å². The van der Waals surface area contributed by atoms with Crippen LogP contribution in [0.3, 0.4) is 0 Å². The van der Waals surface area contributed by atoms with Crippen molar-refractivity contribution in [3.05, 3.63) is 41.2 Å². The summed E-state index contributed by atoms with van der Waals surface area (Å²) in [5.74, 6) is 0.262. The number of nitrogens with zero attached hydrogens (tertiary/aromatic N) is 7. The largest absolute Gasteiger partial charge is 0.368 e. The number of carbonyl (C=O) groups excluding carboxylic acids is 1. The number of nitrogen functional groups attached to an aromatic ring is 1. The lowest BCUT2D eigenvalue weighted by Crippen LogP contribution is -2.39. The monoisotopic (exact) mass is 418 g/mol. The average Bonchev–Trinajstić information content (AvgIpc) is 3.04. The van der Waals surface area contributed by atoms with Crippen LogP contribution in [0.15, 0.2) is 35.5 Å². The summed E-state index contributed by atoms with van der Waals surface area (Å²) in [6.07, 6.45) is 6.40. The summed E-state index contributed by atoms with van der Waals surface area (Å²) < 4.78 is 3.44. The van der Waals surface area contributed by atoms with Gasteiger partial charge >= 0.3 is 5.69 Å². The Labute approximate surface area is 177 Å². The van der Waals surface area contributed by atoms with Crippen LogP contribution in [-0.4, -0.2) is 53.0 Å². The van der Waals surface area contributed by atoms with E-state index in [9.17, 15) is 9.59 Å². The highest BCUT2D eigenvalue weighted by atomic mass is 16.2. The number of pyridine rings is 2. The van der Waals surface area contributed by atoms with Crippen molar-refractivity contribution in [1.82, 2.24) is 34.0 Å². The molecule has 10 heteroatoms. The molecule has 1 aliphatic heterocycles. The zero-order valence-electron chi connectivity index (χ0n) is 17.3. The van der Waals surface area contributed by atoms with Crippen molar-refractivity contribution in [1.29, 1.82) is 0 Å². The van der Waals surface area contributed by atoms with Gasteiger partial charge in [0.15, 0.2) is 0 Å². The van der Waals surface area contributed by atoms with Crippen LogP contribution in [0.25, 0.3) is 33.3 Å². The van der Waals surface area contributed by atoms with Crippen LogP contribution in [0.2, 0.25) is 0 Å². The minimum absolute atomic E-state index is 0.0114. The second kappa shape index (κ2) is 7.15. The fraction of sp³-hybridized carbons (Fsp3) is 0.333. The van der Waals surface area contributed by atoms with Crippen molar-refractivity contribution in [3.63, 3.8) is 0 Å². The Morgan fingerprint density at radius 2 is 1.81 bits per heavy atom. The molecule has 1 saturated heterocycles. The number of anilines is 1. The molecule has 1 fully saturated rings. The van der Waals surface area contributed by atoms with Gasteiger partial charge in [-0.1, -0.05) is 0 Å². The molecule has 0 spiro atoms. The van der Waals surface area contributed by atoms with Crippen LogP contribution in [0.4, 0.5) is 5.95 Å². The molecule has 158 valence electrons. The van der Waals surface area contributed by atoms with Crippen LogP contribution in [0.5, 0.6) is 0 Å². The SMILES string of the molecule is CC(=O)N1CCC(n2c(=O)n(C)c3cnc4ccc(-c5cnc(N)nc5)nc4c32)CC1. The molecule has 0 radical (unpaired) electrons. The third-order valence-electron chi connectivity index (χ3n) is 6.00. The third kappa shape index (κ3) is 3.11. The Hall–Kier alpha value is -3.82. The Bertz CT molecular complexity index is 1360.